The maximum atomic E-state index is 5.49. The Balaban J connectivity index is 2.65. The third-order valence-electron chi connectivity index (χ3n) is 2.44. The van der Waals surface area contributed by atoms with Crippen molar-refractivity contribution in [1.82, 2.24) is 20.2 Å². The van der Waals surface area contributed by atoms with Crippen LogP contribution in [0.2, 0.25) is 0 Å². The highest BCUT2D eigenvalue weighted by Gasteiger charge is 2.13. The fourth-order valence-electron chi connectivity index (χ4n) is 1.66. The highest BCUT2D eigenvalue weighted by atomic mass is 15.3. The fourth-order valence-corrected chi connectivity index (χ4v) is 1.66. The smallest absolute Gasteiger partial charge is 0.138 e. The molecule has 0 saturated carbocycles. The summed E-state index contributed by atoms with van der Waals surface area (Å²) in [5.74, 6) is 6.50. The number of nitrogens with one attached hydrogen (secondary N) is 1. The predicted octanol–water partition coefficient (Wildman–Crippen LogP) is 1.03. The number of hydrazine groups is 1. The first-order valence-electron chi connectivity index (χ1n) is 5.53. The van der Waals surface area contributed by atoms with Gasteiger partial charge in [0.25, 0.3) is 0 Å². The van der Waals surface area contributed by atoms with E-state index in [-0.39, 0.29) is 6.04 Å². The topological polar surface area (TPSA) is 68.8 Å². The monoisotopic (exact) mass is 211 g/mol. The molecule has 0 saturated heterocycles. The molecule has 0 spiro atoms. The number of hydrogen-bond acceptors (Lipinski definition) is 4. The van der Waals surface area contributed by atoms with Crippen molar-refractivity contribution in [3.8, 4) is 0 Å². The van der Waals surface area contributed by atoms with E-state index in [1.165, 1.54) is 0 Å². The van der Waals surface area contributed by atoms with E-state index in [1.807, 2.05) is 4.68 Å². The summed E-state index contributed by atoms with van der Waals surface area (Å²) in [7, 11) is 0. The van der Waals surface area contributed by atoms with Gasteiger partial charge >= 0.3 is 0 Å². The molecule has 1 aromatic rings. The molecule has 0 fully saturated rings. The van der Waals surface area contributed by atoms with Gasteiger partial charge in [-0.15, -0.1) is 0 Å². The molecule has 1 unspecified atom stereocenters. The largest absolute Gasteiger partial charge is 0.271 e. The molecule has 86 valence electrons. The van der Waals surface area contributed by atoms with Crippen molar-refractivity contribution in [2.24, 2.45) is 5.84 Å². The molecule has 1 aromatic heterocycles. The minimum atomic E-state index is 0.289. The Kier molecular flexibility index (Phi) is 4.71. The van der Waals surface area contributed by atoms with Crippen molar-refractivity contribution in [3.63, 3.8) is 0 Å². The summed E-state index contributed by atoms with van der Waals surface area (Å²) in [6.45, 7) is 6.35. The second-order valence-electron chi connectivity index (χ2n) is 4.07. The van der Waals surface area contributed by atoms with Gasteiger partial charge in [0, 0.05) is 18.5 Å². The molecular formula is C10H21N5. The minimum absolute atomic E-state index is 0.289. The maximum Gasteiger partial charge on any atom is 0.138 e. The number of rotatable bonds is 6. The van der Waals surface area contributed by atoms with Crippen molar-refractivity contribution < 1.29 is 0 Å². The lowest BCUT2D eigenvalue weighted by molar-refractivity contribution is 0.441. The lowest BCUT2D eigenvalue weighted by atomic mass is 10.1. The van der Waals surface area contributed by atoms with Gasteiger partial charge in [-0.2, -0.15) is 5.10 Å². The van der Waals surface area contributed by atoms with Gasteiger partial charge in [0.05, 0.1) is 0 Å². The number of nitrogens with two attached hydrogens (primary N) is 1. The first kappa shape index (κ1) is 12.1. The zero-order valence-electron chi connectivity index (χ0n) is 9.77. The molecule has 0 amide bonds. The van der Waals surface area contributed by atoms with Crippen LogP contribution in [0.5, 0.6) is 0 Å². The standard InChI is InChI=1S/C10H21N5/c1-4-5-9(14-11)6-10-12-7-13-15(10)8(2)3/h7-9,14H,4-6,11H2,1-3H3. The van der Waals surface area contributed by atoms with Crippen LogP contribution in [0.4, 0.5) is 0 Å². The van der Waals surface area contributed by atoms with Gasteiger partial charge < -0.3 is 0 Å². The van der Waals surface area contributed by atoms with E-state index in [0.717, 1.165) is 25.1 Å². The maximum absolute atomic E-state index is 5.49. The summed E-state index contributed by atoms with van der Waals surface area (Å²) < 4.78 is 1.94. The Labute approximate surface area is 91.0 Å². The van der Waals surface area contributed by atoms with Crippen LogP contribution >= 0.6 is 0 Å². The second-order valence-corrected chi connectivity index (χ2v) is 4.07. The van der Waals surface area contributed by atoms with Crippen LogP contribution in [-0.2, 0) is 6.42 Å². The lowest BCUT2D eigenvalue weighted by Gasteiger charge is -2.16. The molecule has 0 aliphatic carbocycles. The van der Waals surface area contributed by atoms with E-state index in [4.69, 9.17) is 5.84 Å². The van der Waals surface area contributed by atoms with Gasteiger partial charge in [-0.05, 0) is 20.3 Å². The quantitative estimate of drug-likeness (QED) is 0.545. The Morgan fingerprint density at radius 2 is 2.27 bits per heavy atom. The van der Waals surface area contributed by atoms with E-state index >= 15 is 0 Å². The Hall–Kier alpha value is -0.940. The molecule has 5 nitrogen and oxygen atoms in total. The molecule has 15 heavy (non-hydrogen) atoms. The van der Waals surface area contributed by atoms with E-state index in [0.29, 0.717) is 6.04 Å². The molecule has 0 aliphatic rings. The molecular weight excluding hydrogens is 190 g/mol. The van der Waals surface area contributed by atoms with Crippen LogP contribution < -0.4 is 11.3 Å². The van der Waals surface area contributed by atoms with Crippen LogP contribution in [0.1, 0.15) is 45.5 Å². The first-order chi connectivity index (χ1) is 7.19. The predicted molar refractivity (Wildman–Crippen MR) is 60.1 cm³/mol. The van der Waals surface area contributed by atoms with Crippen LogP contribution in [0, 0.1) is 0 Å². The van der Waals surface area contributed by atoms with Crippen LogP contribution in [0.3, 0.4) is 0 Å². The zero-order chi connectivity index (χ0) is 11.3. The fraction of sp³-hybridized carbons (Fsp3) is 0.800. The molecule has 1 heterocycles. The third-order valence-corrected chi connectivity index (χ3v) is 2.44. The average molecular weight is 211 g/mol. The minimum Gasteiger partial charge on any atom is -0.271 e. The molecule has 1 atom stereocenters. The van der Waals surface area contributed by atoms with Crippen LogP contribution in [0.25, 0.3) is 0 Å². The molecule has 0 bridgehead atoms. The van der Waals surface area contributed by atoms with Crippen molar-refractivity contribution in [2.75, 3.05) is 0 Å². The SMILES string of the molecule is CCCC(Cc1ncnn1C(C)C)NN. The summed E-state index contributed by atoms with van der Waals surface area (Å²) in [5.41, 5.74) is 2.83. The Morgan fingerprint density at radius 1 is 1.53 bits per heavy atom. The molecule has 0 aromatic carbocycles. The van der Waals surface area contributed by atoms with Gasteiger partial charge in [-0.25, -0.2) is 9.67 Å². The second kappa shape index (κ2) is 5.82. The molecule has 5 heteroatoms. The lowest BCUT2D eigenvalue weighted by Crippen LogP contribution is -2.37. The van der Waals surface area contributed by atoms with Gasteiger partial charge in [0.2, 0.25) is 0 Å². The number of hydrogen-bond donors (Lipinski definition) is 2. The van der Waals surface area contributed by atoms with Crippen molar-refractivity contribution in [2.45, 2.75) is 52.1 Å². The molecule has 3 N–H and O–H groups in total. The van der Waals surface area contributed by atoms with Gasteiger partial charge in [0.1, 0.15) is 12.2 Å². The molecule has 0 radical (unpaired) electrons. The number of aromatic nitrogens is 3. The average Bonchev–Trinajstić information content (AvgIpc) is 2.65. The van der Waals surface area contributed by atoms with Crippen LogP contribution in [0.15, 0.2) is 6.33 Å². The summed E-state index contributed by atoms with van der Waals surface area (Å²) in [6.07, 6.45) is 4.61. The summed E-state index contributed by atoms with van der Waals surface area (Å²) >= 11 is 0. The van der Waals surface area contributed by atoms with Gasteiger partial charge in [-0.3, -0.25) is 11.3 Å². The zero-order valence-corrected chi connectivity index (χ0v) is 9.77. The highest BCUT2D eigenvalue weighted by molar-refractivity contribution is 4.90. The third kappa shape index (κ3) is 3.28. The summed E-state index contributed by atoms with van der Waals surface area (Å²) in [5, 5.41) is 4.20. The van der Waals surface area contributed by atoms with Crippen LogP contribution in [-0.4, -0.2) is 20.8 Å². The van der Waals surface area contributed by atoms with Crippen molar-refractivity contribution >= 4 is 0 Å². The Bertz CT molecular complexity index is 281. The van der Waals surface area contributed by atoms with Gasteiger partial charge in [-0.1, -0.05) is 13.3 Å². The highest BCUT2D eigenvalue weighted by Crippen LogP contribution is 2.09. The summed E-state index contributed by atoms with van der Waals surface area (Å²) in [6, 6.07) is 0.638. The normalized spacial score (nSPS) is 13.4. The van der Waals surface area contributed by atoms with Crippen molar-refractivity contribution in [1.29, 1.82) is 0 Å². The van der Waals surface area contributed by atoms with E-state index in [1.54, 1.807) is 6.33 Å². The van der Waals surface area contributed by atoms with E-state index < -0.39 is 0 Å². The first-order valence-corrected chi connectivity index (χ1v) is 5.53. The molecule has 0 aliphatic heterocycles. The van der Waals surface area contributed by atoms with Gasteiger partial charge in [0.15, 0.2) is 0 Å². The van der Waals surface area contributed by atoms with Crippen molar-refractivity contribution in [3.05, 3.63) is 12.2 Å². The summed E-state index contributed by atoms with van der Waals surface area (Å²) in [4.78, 5) is 4.26. The van der Waals surface area contributed by atoms with E-state index in [2.05, 4.69) is 36.3 Å². The molecule has 1 rings (SSSR count). The Morgan fingerprint density at radius 3 is 2.80 bits per heavy atom. The van der Waals surface area contributed by atoms with E-state index in [9.17, 15) is 0 Å². The number of nitrogens with zero attached hydrogens (tertiary/aromatic N) is 3.